The Morgan fingerprint density at radius 3 is 3.00 bits per heavy atom. The van der Waals surface area contributed by atoms with E-state index in [1.165, 1.54) is 0 Å². The van der Waals surface area contributed by atoms with Crippen LogP contribution < -0.4 is 11.3 Å². The van der Waals surface area contributed by atoms with E-state index in [0.717, 1.165) is 16.8 Å². The highest BCUT2D eigenvalue weighted by molar-refractivity contribution is 5.69. The first kappa shape index (κ1) is 10.5. The standard InChI is InChI=1S/C12H11N5O/c1-7-4-10(12(18)15-14-7)8-2-3-17-9(5-8)6-11(13)16-17/h2-6H,1H3,(H2,13,16)(H,15,18). The van der Waals surface area contributed by atoms with Gasteiger partial charge in [0, 0.05) is 12.3 Å². The Kier molecular flexibility index (Phi) is 2.16. The number of fused-ring (bicyclic) bond motifs is 1. The Morgan fingerprint density at radius 2 is 2.17 bits per heavy atom. The van der Waals surface area contributed by atoms with Crippen LogP contribution in [0.25, 0.3) is 16.6 Å². The summed E-state index contributed by atoms with van der Waals surface area (Å²) in [7, 11) is 0. The largest absolute Gasteiger partial charge is 0.382 e. The summed E-state index contributed by atoms with van der Waals surface area (Å²) >= 11 is 0. The number of H-pyrrole nitrogens is 1. The highest BCUT2D eigenvalue weighted by Crippen LogP contribution is 2.18. The average molecular weight is 241 g/mol. The minimum absolute atomic E-state index is 0.211. The van der Waals surface area contributed by atoms with E-state index in [4.69, 9.17) is 5.73 Å². The van der Waals surface area contributed by atoms with E-state index in [9.17, 15) is 4.79 Å². The van der Waals surface area contributed by atoms with Crippen molar-refractivity contribution in [3.8, 4) is 11.1 Å². The molecule has 90 valence electrons. The van der Waals surface area contributed by atoms with Crippen molar-refractivity contribution in [1.29, 1.82) is 0 Å². The molecule has 0 aliphatic carbocycles. The molecule has 3 N–H and O–H groups in total. The predicted molar refractivity (Wildman–Crippen MR) is 68.2 cm³/mol. The maximum atomic E-state index is 11.7. The van der Waals surface area contributed by atoms with Crippen molar-refractivity contribution in [2.45, 2.75) is 6.92 Å². The van der Waals surface area contributed by atoms with Crippen LogP contribution in [0.1, 0.15) is 5.69 Å². The van der Waals surface area contributed by atoms with E-state index < -0.39 is 0 Å². The molecule has 3 aromatic rings. The summed E-state index contributed by atoms with van der Waals surface area (Å²) in [6.45, 7) is 1.83. The molecule has 0 saturated heterocycles. The maximum absolute atomic E-state index is 11.7. The number of anilines is 1. The zero-order chi connectivity index (χ0) is 12.7. The number of hydrogen-bond donors (Lipinski definition) is 2. The molecular formula is C12H11N5O. The summed E-state index contributed by atoms with van der Waals surface area (Å²) in [5.74, 6) is 0.451. The topological polar surface area (TPSA) is 89.1 Å². The van der Waals surface area contributed by atoms with E-state index in [1.54, 1.807) is 22.8 Å². The van der Waals surface area contributed by atoms with Crippen molar-refractivity contribution in [1.82, 2.24) is 19.8 Å². The van der Waals surface area contributed by atoms with Gasteiger partial charge in [0.25, 0.3) is 5.56 Å². The van der Waals surface area contributed by atoms with E-state index in [2.05, 4.69) is 15.3 Å². The molecule has 0 fully saturated rings. The van der Waals surface area contributed by atoms with Gasteiger partial charge >= 0.3 is 0 Å². The van der Waals surface area contributed by atoms with Crippen molar-refractivity contribution in [2.75, 3.05) is 5.73 Å². The van der Waals surface area contributed by atoms with Crippen LogP contribution in [0.2, 0.25) is 0 Å². The first-order chi connectivity index (χ1) is 8.63. The lowest BCUT2D eigenvalue weighted by molar-refractivity contribution is 0.946. The van der Waals surface area contributed by atoms with Gasteiger partial charge in [-0.25, -0.2) is 9.61 Å². The number of hydrogen-bond acceptors (Lipinski definition) is 4. The number of aryl methyl sites for hydroxylation is 1. The van der Waals surface area contributed by atoms with Crippen LogP contribution >= 0.6 is 0 Å². The van der Waals surface area contributed by atoms with E-state index >= 15 is 0 Å². The number of nitrogens with zero attached hydrogens (tertiary/aromatic N) is 3. The fourth-order valence-corrected chi connectivity index (χ4v) is 1.90. The number of aromatic nitrogens is 4. The molecule has 0 aromatic carbocycles. The fourth-order valence-electron chi connectivity index (χ4n) is 1.90. The van der Waals surface area contributed by atoms with Gasteiger partial charge in [-0.1, -0.05) is 0 Å². The molecule has 0 amide bonds. The number of nitrogens with two attached hydrogens (primary N) is 1. The minimum atomic E-state index is -0.211. The van der Waals surface area contributed by atoms with E-state index in [0.29, 0.717) is 11.4 Å². The average Bonchev–Trinajstić information content (AvgIpc) is 2.71. The molecule has 3 rings (SSSR count). The smallest absolute Gasteiger partial charge is 0.272 e. The molecule has 0 unspecified atom stereocenters. The number of nitrogen functional groups attached to an aromatic ring is 1. The minimum Gasteiger partial charge on any atom is -0.382 e. The van der Waals surface area contributed by atoms with Crippen LogP contribution in [0.15, 0.2) is 35.3 Å². The molecule has 3 aromatic heterocycles. The van der Waals surface area contributed by atoms with Gasteiger partial charge in [-0.05, 0) is 30.7 Å². The first-order valence-corrected chi connectivity index (χ1v) is 5.45. The van der Waals surface area contributed by atoms with Gasteiger partial charge in [0.2, 0.25) is 0 Å². The zero-order valence-electron chi connectivity index (χ0n) is 9.71. The predicted octanol–water partition coefficient (Wildman–Crippen LogP) is 0.975. The third-order valence-electron chi connectivity index (χ3n) is 2.72. The van der Waals surface area contributed by atoms with Crippen LogP contribution in [0.5, 0.6) is 0 Å². The number of rotatable bonds is 1. The number of pyridine rings is 1. The summed E-state index contributed by atoms with van der Waals surface area (Å²) in [5, 5.41) is 10.4. The van der Waals surface area contributed by atoms with Crippen molar-refractivity contribution < 1.29 is 0 Å². The third-order valence-corrected chi connectivity index (χ3v) is 2.72. The molecule has 18 heavy (non-hydrogen) atoms. The molecule has 6 nitrogen and oxygen atoms in total. The Hall–Kier alpha value is -2.63. The molecule has 3 heterocycles. The number of aromatic amines is 1. The van der Waals surface area contributed by atoms with Gasteiger partial charge in [-0.3, -0.25) is 4.79 Å². The van der Waals surface area contributed by atoms with E-state index in [-0.39, 0.29) is 5.56 Å². The second-order valence-electron chi connectivity index (χ2n) is 4.11. The highest BCUT2D eigenvalue weighted by atomic mass is 16.1. The SMILES string of the molecule is Cc1cc(-c2ccn3nc(N)cc3c2)c(=O)[nH]n1. The molecular weight excluding hydrogens is 230 g/mol. The first-order valence-electron chi connectivity index (χ1n) is 5.45. The maximum Gasteiger partial charge on any atom is 0.272 e. The third kappa shape index (κ3) is 1.64. The van der Waals surface area contributed by atoms with Crippen LogP contribution in [-0.2, 0) is 0 Å². The highest BCUT2D eigenvalue weighted by Gasteiger charge is 2.06. The molecule has 0 spiro atoms. The van der Waals surface area contributed by atoms with E-state index in [1.807, 2.05) is 19.1 Å². The van der Waals surface area contributed by atoms with Gasteiger partial charge in [-0.15, -0.1) is 0 Å². The Morgan fingerprint density at radius 1 is 1.33 bits per heavy atom. The summed E-state index contributed by atoms with van der Waals surface area (Å²) < 4.78 is 1.67. The normalized spacial score (nSPS) is 10.9. The molecule has 0 aliphatic rings. The lowest BCUT2D eigenvalue weighted by Crippen LogP contribution is -2.11. The Bertz CT molecular complexity index is 787. The molecule has 0 saturated carbocycles. The molecule has 6 heteroatoms. The van der Waals surface area contributed by atoms with Gasteiger partial charge in [-0.2, -0.15) is 10.2 Å². The second kappa shape index (κ2) is 3.69. The van der Waals surface area contributed by atoms with Gasteiger partial charge in [0.05, 0.1) is 16.8 Å². The fraction of sp³-hybridized carbons (Fsp3) is 0.0833. The van der Waals surface area contributed by atoms with Gasteiger partial charge in [0.1, 0.15) is 5.82 Å². The van der Waals surface area contributed by atoms with Crippen LogP contribution in [-0.4, -0.2) is 19.8 Å². The van der Waals surface area contributed by atoms with Gasteiger partial charge in [0.15, 0.2) is 0 Å². The van der Waals surface area contributed by atoms with Crippen molar-refractivity contribution >= 4 is 11.3 Å². The lowest BCUT2D eigenvalue weighted by Gasteiger charge is -2.02. The van der Waals surface area contributed by atoms with Crippen LogP contribution in [0.4, 0.5) is 5.82 Å². The van der Waals surface area contributed by atoms with Crippen molar-refractivity contribution in [3.63, 3.8) is 0 Å². The Labute approximate surface area is 102 Å². The van der Waals surface area contributed by atoms with Crippen molar-refractivity contribution in [3.05, 3.63) is 46.5 Å². The second-order valence-corrected chi connectivity index (χ2v) is 4.11. The quantitative estimate of drug-likeness (QED) is 0.664. The van der Waals surface area contributed by atoms with Crippen LogP contribution in [0, 0.1) is 6.92 Å². The van der Waals surface area contributed by atoms with Gasteiger partial charge < -0.3 is 5.73 Å². The monoisotopic (exact) mass is 241 g/mol. The summed E-state index contributed by atoms with van der Waals surface area (Å²) in [6, 6.07) is 7.20. The van der Waals surface area contributed by atoms with Crippen molar-refractivity contribution in [2.24, 2.45) is 0 Å². The summed E-state index contributed by atoms with van der Waals surface area (Å²) in [6.07, 6.45) is 1.77. The Balaban J connectivity index is 2.24. The molecule has 0 aliphatic heterocycles. The zero-order valence-corrected chi connectivity index (χ0v) is 9.71. The lowest BCUT2D eigenvalue weighted by atomic mass is 10.1. The molecule has 0 bridgehead atoms. The molecule has 0 radical (unpaired) electrons. The molecule has 0 atom stereocenters. The number of nitrogens with one attached hydrogen (secondary N) is 1. The van der Waals surface area contributed by atoms with Crippen LogP contribution in [0.3, 0.4) is 0 Å². The summed E-state index contributed by atoms with van der Waals surface area (Å²) in [4.78, 5) is 11.7. The summed E-state index contributed by atoms with van der Waals surface area (Å²) in [5.41, 5.74) is 8.42.